The van der Waals surface area contributed by atoms with Gasteiger partial charge in [-0.05, 0) is 12.1 Å². The van der Waals surface area contributed by atoms with Gasteiger partial charge in [0.05, 0.1) is 7.11 Å². The minimum Gasteiger partial charge on any atom is -0.493 e. The van der Waals surface area contributed by atoms with Crippen molar-refractivity contribution in [1.29, 1.82) is 0 Å². The highest BCUT2D eigenvalue weighted by Crippen LogP contribution is 1.97. The van der Waals surface area contributed by atoms with Gasteiger partial charge in [-0.1, -0.05) is 32.0 Å². The Morgan fingerprint density at radius 3 is 2.25 bits per heavy atom. The van der Waals surface area contributed by atoms with Crippen molar-refractivity contribution >= 4 is 0 Å². The van der Waals surface area contributed by atoms with Gasteiger partial charge < -0.3 is 4.74 Å². The number of hydrogen-bond acceptors (Lipinski definition) is 2. The van der Waals surface area contributed by atoms with Crippen LogP contribution in [0.4, 0.5) is 0 Å². The molecule has 12 heavy (non-hydrogen) atoms. The molecule has 0 fully saturated rings. The van der Waals surface area contributed by atoms with Gasteiger partial charge in [0.1, 0.15) is 0 Å². The lowest BCUT2D eigenvalue weighted by molar-refractivity contribution is 0.411. The van der Waals surface area contributed by atoms with Crippen LogP contribution in [0, 0.1) is 0 Å². The Kier molecular flexibility index (Phi) is 5.70. The zero-order valence-corrected chi connectivity index (χ0v) is 7.70. The summed E-state index contributed by atoms with van der Waals surface area (Å²) in [5, 5.41) is 0. The molecule has 1 aromatic carbocycles. The van der Waals surface area contributed by atoms with Crippen molar-refractivity contribution < 1.29 is 4.74 Å². The Bertz CT molecular complexity index is 268. The monoisotopic (exact) mass is 166 g/mol. The second-order valence-corrected chi connectivity index (χ2v) is 1.84. The fourth-order valence-electron chi connectivity index (χ4n) is 0.683. The molecule has 0 aliphatic rings. The fraction of sp³-hybridized carbons (Fsp3) is 0.300. The first kappa shape index (κ1) is 10.7. The molecule has 1 rings (SSSR count). The number of methoxy groups -OCH3 is 1. The molecule has 1 aromatic rings. The van der Waals surface area contributed by atoms with Crippen molar-refractivity contribution in [3.05, 3.63) is 40.6 Å². The number of hydrogen-bond donors (Lipinski definition) is 0. The van der Waals surface area contributed by atoms with E-state index in [1.54, 1.807) is 24.3 Å². The van der Waals surface area contributed by atoms with Crippen molar-refractivity contribution in [2.24, 2.45) is 0 Å². The summed E-state index contributed by atoms with van der Waals surface area (Å²) in [6.45, 7) is 4.00. The number of rotatable bonds is 1. The van der Waals surface area contributed by atoms with Gasteiger partial charge in [-0.15, -0.1) is 0 Å². The van der Waals surface area contributed by atoms with Crippen LogP contribution in [-0.4, -0.2) is 7.11 Å². The smallest absolute Gasteiger partial charge is 0.220 e. The van der Waals surface area contributed by atoms with Crippen molar-refractivity contribution in [2.45, 2.75) is 13.8 Å². The summed E-state index contributed by atoms with van der Waals surface area (Å²) in [5.74, 6) is 0.380. The first-order valence-electron chi connectivity index (χ1n) is 3.98. The molecule has 2 nitrogen and oxygen atoms in total. The van der Waals surface area contributed by atoms with E-state index in [-0.39, 0.29) is 5.43 Å². The normalized spacial score (nSPS) is 7.92. The average molecular weight is 166 g/mol. The van der Waals surface area contributed by atoms with E-state index in [0.29, 0.717) is 5.75 Å². The molecule has 0 atom stereocenters. The van der Waals surface area contributed by atoms with Crippen LogP contribution in [0.2, 0.25) is 0 Å². The second-order valence-electron chi connectivity index (χ2n) is 1.84. The van der Waals surface area contributed by atoms with Crippen LogP contribution in [0.3, 0.4) is 0 Å². The maximum Gasteiger partial charge on any atom is 0.220 e. The molecule has 0 aromatic heterocycles. The molecule has 2 heteroatoms. The molecule has 0 aliphatic heterocycles. The predicted octanol–water partition coefficient (Wildman–Crippen LogP) is 2.08. The minimum atomic E-state index is -0.0903. The second kappa shape index (κ2) is 6.40. The van der Waals surface area contributed by atoms with Crippen molar-refractivity contribution in [1.82, 2.24) is 0 Å². The summed E-state index contributed by atoms with van der Waals surface area (Å²) in [4.78, 5) is 10.9. The van der Waals surface area contributed by atoms with Gasteiger partial charge in [0, 0.05) is 0 Å². The van der Waals surface area contributed by atoms with E-state index in [4.69, 9.17) is 4.74 Å². The third-order valence-electron chi connectivity index (χ3n) is 1.18. The van der Waals surface area contributed by atoms with E-state index in [9.17, 15) is 4.79 Å². The first-order valence-corrected chi connectivity index (χ1v) is 3.98. The molecule has 0 saturated heterocycles. The molecular weight excluding hydrogens is 152 g/mol. The predicted molar refractivity (Wildman–Crippen MR) is 50.6 cm³/mol. The van der Waals surface area contributed by atoms with E-state index in [0.717, 1.165) is 0 Å². The Balaban J connectivity index is 0.000000561. The topological polar surface area (TPSA) is 26.3 Å². The van der Waals surface area contributed by atoms with Crippen LogP contribution in [0.5, 0.6) is 5.75 Å². The standard InChI is InChI=1S/C8H8O2.C2H6/c1-10-8-6-4-2-3-5-7(8)9;1-2/h2-6H,1H3;1-2H3. The van der Waals surface area contributed by atoms with Gasteiger partial charge >= 0.3 is 0 Å². The Labute approximate surface area is 72.8 Å². The molecule has 0 unspecified atom stereocenters. The summed E-state index contributed by atoms with van der Waals surface area (Å²) in [6, 6.07) is 8.34. The van der Waals surface area contributed by atoms with Gasteiger partial charge in [0.2, 0.25) is 5.43 Å². The first-order chi connectivity index (χ1) is 5.84. The van der Waals surface area contributed by atoms with Gasteiger partial charge in [0.15, 0.2) is 5.75 Å². The summed E-state index contributed by atoms with van der Waals surface area (Å²) in [7, 11) is 1.48. The van der Waals surface area contributed by atoms with Crippen LogP contribution in [-0.2, 0) is 0 Å². The van der Waals surface area contributed by atoms with E-state index in [1.807, 2.05) is 13.8 Å². The number of ether oxygens (including phenoxy) is 1. The Morgan fingerprint density at radius 2 is 1.67 bits per heavy atom. The fourth-order valence-corrected chi connectivity index (χ4v) is 0.683. The summed E-state index contributed by atoms with van der Waals surface area (Å²) >= 11 is 0. The van der Waals surface area contributed by atoms with Crippen molar-refractivity contribution in [2.75, 3.05) is 7.11 Å². The van der Waals surface area contributed by atoms with E-state index < -0.39 is 0 Å². The highest BCUT2D eigenvalue weighted by Gasteiger charge is 1.90. The summed E-state index contributed by atoms with van der Waals surface area (Å²) in [6.07, 6.45) is 0. The molecule has 0 amide bonds. The molecular formula is C10H14O2. The summed E-state index contributed by atoms with van der Waals surface area (Å²) in [5.41, 5.74) is -0.0903. The van der Waals surface area contributed by atoms with E-state index in [1.165, 1.54) is 13.2 Å². The third-order valence-corrected chi connectivity index (χ3v) is 1.18. The van der Waals surface area contributed by atoms with Gasteiger partial charge in [0.25, 0.3) is 0 Å². The van der Waals surface area contributed by atoms with E-state index >= 15 is 0 Å². The highest BCUT2D eigenvalue weighted by molar-refractivity contribution is 5.19. The largest absolute Gasteiger partial charge is 0.493 e. The van der Waals surface area contributed by atoms with Crippen molar-refractivity contribution in [3.63, 3.8) is 0 Å². The van der Waals surface area contributed by atoms with Crippen LogP contribution >= 0.6 is 0 Å². The maximum absolute atomic E-state index is 10.9. The third kappa shape index (κ3) is 3.19. The molecule has 0 radical (unpaired) electrons. The lowest BCUT2D eigenvalue weighted by atomic mass is 10.5. The average Bonchev–Trinajstić information content (AvgIpc) is 2.33. The zero-order chi connectivity index (χ0) is 9.40. The molecule has 0 bridgehead atoms. The van der Waals surface area contributed by atoms with Crippen LogP contribution < -0.4 is 10.2 Å². The molecule has 0 heterocycles. The SMILES string of the molecule is CC.COc1cccccc1=O. The summed E-state index contributed by atoms with van der Waals surface area (Å²) < 4.78 is 4.79. The Hall–Kier alpha value is -1.31. The van der Waals surface area contributed by atoms with Gasteiger partial charge in [-0.2, -0.15) is 0 Å². The van der Waals surface area contributed by atoms with Crippen molar-refractivity contribution in [3.8, 4) is 5.75 Å². The lowest BCUT2D eigenvalue weighted by Gasteiger charge is -1.89. The zero-order valence-electron chi connectivity index (χ0n) is 7.70. The molecule has 0 spiro atoms. The Morgan fingerprint density at radius 1 is 1.08 bits per heavy atom. The van der Waals surface area contributed by atoms with Crippen LogP contribution in [0.25, 0.3) is 0 Å². The highest BCUT2D eigenvalue weighted by atomic mass is 16.5. The lowest BCUT2D eigenvalue weighted by Crippen LogP contribution is -1.98. The van der Waals surface area contributed by atoms with Gasteiger partial charge in [-0.3, -0.25) is 4.79 Å². The molecule has 66 valence electrons. The van der Waals surface area contributed by atoms with E-state index in [2.05, 4.69) is 0 Å². The van der Waals surface area contributed by atoms with Crippen LogP contribution in [0.1, 0.15) is 13.8 Å². The molecule has 0 N–H and O–H groups in total. The molecule has 0 saturated carbocycles. The molecule has 0 aliphatic carbocycles. The van der Waals surface area contributed by atoms with Gasteiger partial charge in [-0.25, -0.2) is 0 Å². The maximum atomic E-state index is 10.9. The quantitative estimate of drug-likeness (QED) is 0.638. The van der Waals surface area contributed by atoms with Crippen LogP contribution in [0.15, 0.2) is 35.1 Å². The minimum absolute atomic E-state index is 0.0903.